The number of carbonyl (C=O) groups excluding carboxylic acids is 1. The van der Waals surface area contributed by atoms with Crippen molar-refractivity contribution in [2.75, 3.05) is 32.8 Å². The van der Waals surface area contributed by atoms with Crippen molar-refractivity contribution in [1.29, 1.82) is 0 Å². The van der Waals surface area contributed by atoms with Crippen LogP contribution in [0.2, 0.25) is 10.0 Å². The highest BCUT2D eigenvalue weighted by molar-refractivity contribution is 6.42. The van der Waals surface area contributed by atoms with E-state index in [9.17, 15) is 4.79 Å². The van der Waals surface area contributed by atoms with Gasteiger partial charge >= 0.3 is 0 Å². The molecular formula is C16H22Cl2N2O2. The van der Waals surface area contributed by atoms with Gasteiger partial charge in [0.15, 0.2) is 6.61 Å². The second kappa shape index (κ2) is 9.23. The summed E-state index contributed by atoms with van der Waals surface area (Å²) in [6.45, 7) is 4.10. The topological polar surface area (TPSA) is 41.6 Å². The molecule has 1 heterocycles. The van der Waals surface area contributed by atoms with Gasteiger partial charge in [-0.2, -0.15) is 0 Å². The Morgan fingerprint density at radius 3 is 2.68 bits per heavy atom. The maximum Gasteiger partial charge on any atom is 0.257 e. The van der Waals surface area contributed by atoms with Gasteiger partial charge in [-0.1, -0.05) is 29.6 Å². The van der Waals surface area contributed by atoms with Crippen LogP contribution in [0.25, 0.3) is 0 Å². The summed E-state index contributed by atoms with van der Waals surface area (Å²) >= 11 is 11.7. The van der Waals surface area contributed by atoms with Crippen molar-refractivity contribution < 1.29 is 9.53 Å². The molecule has 0 bridgehead atoms. The number of hydrogen-bond acceptors (Lipinski definition) is 3. The second-order valence-electron chi connectivity index (χ2n) is 5.47. The van der Waals surface area contributed by atoms with Crippen molar-refractivity contribution >= 4 is 29.1 Å². The van der Waals surface area contributed by atoms with Gasteiger partial charge in [-0.05, 0) is 51.0 Å². The lowest BCUT2D eigenvalue weighted by Gasteiger charge is -2.26. The van der Waals surface area contributed by atoms with Crippen molar-refractivity contribution in [3.8, 4) is 5.75 Å². The summed E-state index contributed by atoms with van der Waals surface area (Å²) < 4.78 is 5.39. The largest absolute Gasteiger partial charge is 0.484 e. The van der Waals surface area contributed by atoms with E-state index in [2.05, 4.69) is 10.2 Å². The highest BCUT2D eigenvalue weighted by Crippen LogP contribution is 2.26. The van der Waals surface area contributed by atoms with Crippen LogP contribution in [0.5, 0.6) is 5.75 Å². The number of benzene rings is 1. The van der Waals surface area contributed by atoms with Crippen LogP contribution in [0.4, 0.5) is 0 Å². The Hall–Kier alpha value is -0.970. The highest BCUT2D eigenvalue weighted by Gasteiger charge is 2.09. The average Bonchev–Trinajstić information content (AvgIpc) is 2.54. The molecule has 1 aromatic rings. The zero-order chi connectivity index (χ0) is 15.8. The highest BCUT2D eigenvalue weighted by atomic mass is 35.5. The number of halogens is 2. The van der Waals surface area contributed by atoms with Crippen LogP contribution in [-0.4, -0.2) is 43.6 Å². The SMILES string of the molecule is O=C(COc1ccc(Cl)c(Cl)c1)NCCCN1CCCCC1. The van der Waals surface area contributed by atoms with Crippen molar-refractivity contribution in [3.05, 3.63) is 28.2 Å². The molecule has 0 atom stereocenters. The minimum Gasteiger partial charge on any atom is -0.484 e. The molecule has 1 N–H and O–H groups in total. The van der Waals surface area contributed by atoms with Crippen molar-refractivity contribution in [2.45, 2.75) is 25.7 Å². The van der Waals surface area contributed by atoms with E-state index in [4.69, 9.17) is 27.9 Å². The number of amides is 1. The number of hydrogen-bond donors (Lipinski definition) is 1. The minimum atomic E-state index is -0.121. The van der Waals surface area contributed by atoms with Gasteiger partial charge in [-0.3, -0.25) is 4.79 Å². The number of likely N-dealkylation sites (tertiary alicyclic amines) is 1. The molecule has 6 heteroatoms. The third-order valence-electron chi connectivity index (χ3n) is 3.68. The maximum absolute atomic E-state index is 11.7. The van der Waals surface area contributed by atoms with Crippen LogP contribution >= 0.6 is 23.2 Å². The van der Waals surface area contributed by atoms with Crippen LogP contribution in [0, 0.1) is 0 Å². The molecule has 0 radical (unpaired) electrons. The first-order valence-corrected chi connectivity index (χ1v) is 8.47. The van der Waals surface area contributed by atoms with Gasteiger partial charge in [0.2, 0.25) is 0 Å². The molecule has 1 aromatic carbocycles. The average molecular weight is 345 g/mol. The Balaban J connectivity index is 1.58. The van der Waals surface area contributed by atoms with Gasteiger partial charge in [0.05, 0.1) is 10.0 Å². The molecule has 1 amide bonds. The predicted molar refractivity (Wildman–Crippen MR) is 89.9 cm³/mol. The predicted octanol–water partition coefficient (Wildman–Crippen LogP) is 3.36. The molecule has 1 aliphatic heterocycles. The quantitative estimate of drug-likeness (QED) is 0.771. The van der Waals surface area contributed by atoms with Gasteiger partial charge in [0.25, 0.3) is 5.91 Å². The first-order chi connectivity index (χ1) is 10.6. The lowest BCUT2D eigenvalue weighted by atomic mass is 10.1. The smallest absolute Gasteiger partial charge is 0.257 e. The fourth-order valence-electron chi connectivity index (χ4n) is 2.48. The van der Waals surface area contributed by atoms with E-state index in [1.54, 1.807) is 18.2 Å². The van der Waals surface area contributed by atoms with E-state index in [0.29, 0.717) is 22.3 Å². The Morgan fingerprint density at radius 1 is 1.18 bits per heavy atom. The minimum absolute atomic E-state index is 0.0122. The number of rotatable bonds is 7. The molecule has 0 saturated carbocycles. The summed E-state index contributed by atoms with van der Waals surface area (Å²) in [5.41, 5.74) is 0. The molecule has 1 saturated heterocycles. The summed E-state index contributed by atoms with van der Waals surface area (Å²) in [6, 6.07) is 4.95. The molecule has 22 heavy (non-hydrogen) atoms. The molecule has 1 aliphatic rings. The lowest BCUT2D eigenvalue weighted by molar-refractivity contribution is -0.123. The summed E-state index contributed by atoms with van der Waals surface area (Å²) in [5, 5.41) is 3.76. The molecule has 0 unspecified atom stereocenters. The zero-order valence-electron chi connectivity index (χ0n) is 12.6. The summed E-state index contributed by atoms with van der Waals surface area (Å²) in [5.74, 6) is 0.419. The Bertz CT molecular complexity index is 491. The Labute approximate surface area is 141 Å². The summed E-state index contributed by atoms with van der Waals surface area (Å²) in [4.78, 5) is 14.2. The third kappa shape index (κ3) is 6.03. The van der Waals surface area contributed by atoms with E-state index in [0.717, 1.165) is 13.0 Å². The maximum atomic E-state index is 11.7. The number of carbonyl (C=O) groups is 1. The zero-order valence-corrected chi connectivity index (χ0v) is 14.1. The molecule has 0 spiro atoms. The van der Waals surface area contributed by atoms with E-state index in [-0.39, 0.29) is 12.5 Å². The Morgan fingerprint density at radius 2 is 1.95 bits per heavy atom. The van der Waals surface area contributed by atoms with Gasteiger partial charge in [-0.25, -0.2) is 0 Å². The van der Waals surface area contributed by atoms with Gasteiger partial charge in [0.1, 0.15) is 5.75 Å². The lowest BCUT2D eigenvalue weighted by Crippen LogP contribution is -2.34. The molecule has 1 fully saturated rings. The van der Waals surface area contributed by atoms with Gasteiger partial charge < -0.3 is 15.0 Å². The van der Waals surface area contributed by atoms with Crippen LogP contribution in [0.1, 0.15) is 25.7 Å². The third-order valence-corrected chi connectivity index (χ3v) is 4.42. The summed E-state index contributed by atoms with van der Waals surface area (Å²) in [6.07, 6.45) is 4.91. The van der Waals surface area contributed by atoms with E-state index in [1.165, 1.54) is 32.4 Å². The molecule has 4 nitrogen and oxygen atoms in total. The van der Waals surface area contributed by atoms with Crippen LogP contribution < -0.4 is 10.1 Å². The van der Waals surface area contributed by atoms with Crippen LogP contribution in [0.15, 0.2) is 18.2 Å². The normalized spacial score (nSPS) is 15.5. The number of nitrogens with zero attached hydrogens (tertiary/aromatic N) is 1. The Kier molecular flexibility index (Phi) is 7.30. The van der Waals surface area contributed by atoms with E-state index < -0.39 is 0 Å². The first kappa shape index (κ1) is 17.4. The number of ether oxygens (including phenoxy) is 1. The number of piperidine rings is 1. The molecule has 0 aromatic heterocycles. The second-order valence-corrected chi connectivity index (χ2v) is 6.28. The van der Waals surface area contributed by atoms with Crippen LogP contribution in [-0.2, 0) is 4.79 Å². The van der Waals surface area contributed by atoms with E-state index in [1.807, 2.05) is 0 Å². The molecule has 2 rings (SSSR count). The fraction of sp³-hybridized carbons (Fsp3) is 0.562. The molecular weight excluding hydrogens is 323 g/mol. The number of nitrogens with one attached hydrogen (secondary N) is 1. The first-order valence-electron chi connectivity index (χ1n) is 7.72. The van der Waals surface area contributed by atoms with Crippen molar-refractivity contribution in [2.24, 2.45) is 0 Å². The van der Waals surface area contributed by atoms with Crippen LogP contribution in [0.3, 0.4) is 0 Å². The fourth-order valence-corrected chi connectivity index (χ4v) is 2.77. The van der Waals surface area contributed by atoms with Crippen molar-refractivity contribution in [3.63, 3.8) is 0 Å². The van der Waals surface area contributed by atoms with Gasteiger partial charge in [0, 0.05) is 12.6 Å². The van der Waals surface area contributed by atoms with Gasteiger partial charge in [-0.15, -0.1) is 0 Å². The van der Waals surface area contributed by atoms with E-state index >= 15 is 0 Å². The summed E-state index contributed by atoms with van der Waals surface area (Å²) in [7, 11) is 0. The van der Waals surface area contributed by atoms with Crippen molar-refractivity contribution in [1.82, 2.24) is 10.2 Å². The standard InChI is InChI=1S/C16H22Cl2N2O2/c17-14-6-5-13(11-15(14)18)22-12-16(21)19-7-4-10-20-8-2-1-3-9-20/h5-6,11H,1-4,7-10,12H2,(H,19,21). The monoisotopic (exact) mass is 344 g/mol. The molecule has 122 valence electrons. The molecule has 0 aliphatic carbocycles.